The molecule has 0 spiro atoms. The van der Waals surface area contributed by atoms with Gasteiger partial charge in [-0.3, -0.25) is 19.8 Å². The number of hydrogen-bond acceptors (Lipinski definition) is 9. The minimum absolute atomic E-state index is 0.245. The molecule has 2 aliphatic rings. The minimum Gasteiger partial charge on any atom is -0.436 e. The van der Waals surface area contributed by atoms with E-state index in [2.05, 4.69) is 132 Å². The summed E-state index contributed by atoms with van der Waals surface area (Å²) in [5.74, 6) is 3.52. The first-order chi connectivity index (χ1) is 34.6. The summed E-state index contributed by atoms with van der Waals surface area (Å²) in [5, 5.41) is 0. The molecular formula is C58H53N11O. The summed E-state index contributed by atoms with van der Waals surface area (Å²) >= 11 is 0. The Morgan fingerprint density at radius 2 is 1.01 bits per heavy atom. The van der Waals surface area contributed by atoms with Crippen LogP contribution in [0.15, 0.2) is 175 Å². The fourth-order valence-corrected chi connectivity index (χ4v) is 10.4. The van der Waals surface area contributed by atoms with Crippen LogP contribution in [-0.4, -0.2) is 54.7 Å². The van der Waals surface area contributed by atoms with Gasteiger partial charge in [0.1, 0.15) is 23.0 Å². The fourth-order valence-electron chi connectivity index (χ4n) is 10.4. The molecule has 11 aromatic rings. The van der Waals surface area contributed by atoms with E-state index in [1.54, 1.807) is 6.20 Å². The number of benzene rings is 5. The van der Waals surface area contributed by atoms with Gasteiger partial charge in [-0.2, -0.15) is 0 Å². The number of imidazole rings is 3. The lowest BCUT2D eigenvalue weighted by Gasteiger charge is -2.34. The highest BCUT2D eigenvalue weighted by atomic mass is 16.3. The first-order valence-electron chi connectivity index (χ1n) is 24.4. The van der Waals surface area contributed by atoms with Gasteiger partial charge < -0.3 is 19.4 Å². The molecule has 0 bridgehead atoms. The molecular weight excluding hydrogens is 867 g/mol. The molecule has 0 fully saturated rings. The van der Waals surface area contributed by atoms with Crippen molar-refractivity contribution < 1.29 is 4.42 Å². The molecule has 0 amide bonds. The Bertz CT molecular complexity index is 3400. The fraction of sp³-hybridized carbons (Fsp3) is 0.207. The van der Waals surface area contributed by atoms with Crippen molar-refractivity contribution in [2.45, 2.75) is 76.8 Å². The topological polar surface area (TPSA) is 144 Å². The SMILES string of the molecule is c1cnc2c(c1)CCCC2N(Cc1ccc(-c2nc3ccccc3o2)cc1)Cc1nc2ccccc2[nH]1.c1cnc2c(c1)CCCC2N(Cc1ccc(-c2ncc[nH]2)cc1)Cc1nc2ccccc2[nH]1. The number of H-pyrrole nitrogens is 3. The quantitative estimate of drug-likeness (QED) is 0.109. The van der Waals surface area contributed by atoms with E-state index in [4.69, 9.17) is 24.4 Å². The summed E-state index contributed by atoms with van der Waals surface area (Å²) in [5.41, 5.74) is 15.6. The van der Waals surface area contributed by atoms with Gasteiger partial charge >= 0.3 is 0 Å². The van der Waals surface area contributed by atoms with E-state index in [-0.39, 0.29) is 12.1 Å². The van der Waals surface area contributed by atoms with Gasteiger partial charge in [0.15, 0.2) is 5.58 Å². The van der Waals surface area contributed by atoms with Crippen molar-refractivity contribution in [2.24, 2.45) is 0 Å². The summed E-state index contributed by atoms with van der Waals surface area (Å²) in [6.07, 6.45) is 14.2. The molecule has 0 saturated heterocycles. The first kappa shape index (κ1) is 43.2. The molecule has 2 unspecified atom stereocenters. The van der Waals surface area contributed by atoms with Crippen LogP contribution >= 0.6 is 0 Å². The van der Waals surface area contributed by atoms with Gasteiger partial charge in [0.2, 0.25) is 5.89 Å². The maximum absolute atomic E-state index is 5.97. The monoisotopic (exact) mass is 919 g/mol. The molecule has 3 N–H and O–H groups in total. The van der Waals surface area contributed by atoms with E-state index in [1.807, 2.05) is 67.1 Å². The third-order valence-corrected chi connectivity index (χ3v) is 13.8. The number of nitrogens with one attached hydrogen (secondary N) is 3. The smallest absolute Gasteiger partial charge is 0.227 e. The zero-order chi connectivity index (χ0) is 46.6. The second-order valence-corrected chi connectivity index (χ2v) is 18.4. The van der Waals surface area contributed by atoms with Crippen molar-refractivity contribution in [3.8, 4) is 22.8 Å². The van der Waals surface area contributed by atoms with Crippen LogP contribution in [0.5, 0.6) is 0 Å². The maximum Gasteiger partial charge on any atom is 0.227 e. The predicted molar refractivity (Wildman–Crippen MR) is 274 cm³/mol. The van der Waals surface area contributed by atoms with Crippen LogP contribution in [0.1, 0.15) is 83.1 Å². The molecule has 2 atom stereocenters. The highest BCUT2D eigenvalue weighted by Gasteiger charge is 2.30. The summed E-state index contributed by atoms with van der Waals surface area (Å²) in [7, 11) is 0. The van der Waals surface area contributed by atoms with Crippen molar-refractivity contribution in [2.75, 3.05) is 0 Å². The first-order valence-corrected chi connectivity index (χ1v) is 24.4. The largest absolute Gasteiger partial charge is 0.436 e. The van der Waals surface area contributed by atoms with Crippen molar-refractivity contribution in [3.63, 3.8) is 0 Å². The van der Waals surface area contributed by atoms with Crippen molar-refractivity contribution in [1.29, 1.82) is 0 Å². The normalized spacial score (nSPS) is 15.6. The Kier molecular flexibility index (Phi) is 12.0. The number of aromatic nitrogens is 9. The number of rotatable bonds is 12. The molecule has 12 heteroatoms. The highest BCUT2D eigenvalue weighted by Crippen LogP contribution is 2.37. The van der Waals surface area contributed by atoms with Gasteiger partial charge in [-0.25, -0.2) is 19.9 Å². The third-order valence-electron chi connectivity index (χ3n) is 13.8. The predicted octanol–water partition coefficient (Wildman–Crippen LogP) is 12.3. The van der Waals surface area contributed by atoms with E-state index in [1.165, 1.54) is 40.1 Å². The third kappa shape index (κ3) is 9.26. The lowest BCUT2D eigenvalue weighted by atomic mass is 9.90. The van der Waals surface area contributed by atoms with Gasteiger partial charge in [-0.05, 0) is 121 Å². The second kappa shape index (κ2) is 19.5. The number of aryl methyl sites for hydroxylation is 2. The lowest BCUT2D eigenvalue weighted by Crippen LogP contribution is -2.31. The Balaban J connectivity index is 0.000000145. The van der Waals surface area contributed by atoms with Crippen molar-refractivity contribution in [1.82, 2.24) is 54.7 Å². The Labute approximate surface area is 406 Å². The number of hydrogen-bond donors (Lipinski definition) is 3. The van der Waals surface area contributed by atoms with Crippen molar-refractivity contribution >= 4 is 33.2 Å². The highest BCUT2D eigenvalue weighted by molar-refractivity contribution is 5.77. The summed E-state index contributed by atoms with van der Waals surface area (Å²) in [6.45, 7) is 3.10. The molecule has 70 heavy (non-hydrogen) atoms. The summed E-state index contributed by atoms with van der Waals surface area (Å²) in [6, 6.07) is 50.6. The second-order valence-electron chi connectivity index (χ2n) is 18.4. The van der Waals surface area contributed by atoms with E-state index in [0.717, 1.165) is 120 Å². The zero-order valence-corrected chi connectivity index (χ0v) is 38.9. The standard InChI is InChI=1S/C31H27N5O.C27H26N6/c1-2-10-25-24(9-1)33-29(34-25)20-36(27-12-5-7-22-8-6-18-32-30(22)27)19-21-14-16-23(17-15-21)31-35-26-11-3-4-13-28(26)37-31;1-2-8-23-22(7-1)31-25(32-23)18-33(24-9-3-5-20-6-4-14-28-26(20)24)17-19-10-12-21(13-11-19)27-29-15-16-30-27/h1-4,6,8-11,13-18,27H,5,7,12,19-20H2,(H,33,34);1-2,4,6-8,10-16,24H,3,5,9,17-18H2,(H,29,30)(H,31,32). The van der Waals surface area contributed by atoms with Gasteiger partial charge in [0.25, 0.3) is 0 Å². The molecule has 2 aliphatic carbocycles. The van der Waals surface area contributed by atoms with Crippen LogP contribution in [0.2, 0.25) is 0 Å². The average Bonchev–Trinajstić information content (AvgIpc) is 4.26. The van der Waals surface area contributed by atoms with Crippen LogP contribution in [-0.2, 0) is 39.0 Å². The van der Waals surface area contributed by atoms with E-state index in [9.17, 15) is 0 Å². The van der Waals surface area contributed by atoms with E-state index in [0.29, 0.717) is 5.89 Å². The lowest BCUT2D eigenvalue weighted by molar-refractivity contribution is 0.153. The molecule has 6 aromatic heterocycles. The number of oxazole rings is 1. The molecule has 12 nitrogen and oxygen atoms in total. The van der Waals surface area contributed by atoms with Gasteiger partial charge in [-0.15, -0.1) is 0 Å². The Hall–Kier alpha value is -8.06. The maximum atomic E-state index is 5.97. The number of fused-ring (bicyclic) bond motifs is 5. The molecule has 346 valence electrons. The van der Waals surface area contributed by atoms with Gasteiger partial charge in [-0.1, -0.05) is 84.9 Å². The Morgan fingerprint density at radius 3 is 1.54 bits per heavy atom. The van der Waals surface area contributed by atoms with Crippen molar-refractivity contribution in [3.05, 3.63) is 216 Å². The van der Waals surface area contributed by atoms with Crippen LogP contribution in [0.4, 0.5) is 0 Å². The number of nitrogens with zero attached hydrogens (tertiary/aromatic N) is 8. The van der Waals surface area contributed by atoms with Crippen LogP contribution in [0.25, 0.3) is 56.0 Å². The van der Waals surface area contributed by atoms with Crippen LogP contribution in [0, 0.1) is 0 Å². The molecule has 0 aliphatic heterocycles. The van der Waals surface area contributed by atoms with Crippen LogP contribution < -0.4 is 0 Å². The molecule has 6 heterocycles. The van der Waals surface area contributed by atoms with E-state index < -0.39 is 0 Å². The Morgan fingerprint density at radius 1 is 0.486 bits per heavy atom. The molecule has 5 aromatic carbocycles. The minimum atomic E-state index is 0.245. The van der Waals surface area contributed by atoms with Gasteiger partial charge in [0, 0.05) is 49.0 Å². The summed E-state index contributed by atoms with van der Waals surface area (Å²) in [4.78, 5) is 43.7. The average molecular weight is 920 g/mol. The summed E-state index contributed by atoms with van der Waals surface area (Å²) < 4.78 is 5.97. The van der Waals surface area contributed by atoms with Crippen LogP contribution in [0.3, 0.4) is 0 Å². The van der Waals surface area contributed by atoms with E-state index >= 15 is 0 Å². The molecule has 13 rings (SSSR count). The number of pyridine rings is 2. The number of aromatic amines is 3. The van der Waals surface area contributed by atoms with Gasteiger partial charge in [0.05, 0.1) is 58.6 Å². The molecule has 0 radical (unpaired) electrons. The zero-order valence-electron chi connectivity index (χ0n) is 38.9. The molecule has 0 saturated carbocycles. The number of para-hydroxylation sites is 6.